The average Bonchev–Trinajstić information content (AvgIpc) is 2.75. The number of carbonyl (C=O) groups excluding carboxylic acids is 3. The lowest BCUT2D eigenvalue weighted by molar-refractivity contribution is -0.149. The molecule has 1 aromatic rings. The van der Waals surface area contributed by atoms with Crippen LogP contribution in [0.15, 0.2) is 24.3 Å². The van der Waals surface area contributed by atoms with E-state index in [9.17, 15) is 14.4 Å². The van der Waals surface area contributed by atoms with E-state index in [1.807, 2.05) is 26.0 Å². The van der Waals surface area contributed by atoms with Gasteiger partial charge in [0.1, 0.15) is 11.8 Å². The van der Waals surface area contributed by atoms with Crippen molar-refractivity contribution in [1.82, 2.24) is 10.2 Å². The van der Waals surface area contributed by atoms with E-state index in [1.54, 1.807) is 17.0 Å². The first-order chi connectivity index (χ1) is 15.4. The van der Waals surface area contributed by atoms with E-state index in [-0.39, 0.29) is 30.7 Å². The van der Waals surface area contributed by atoms with Gasteiger partial charge in [0, 0.05) is 18.8 Å². The van der Waals surface area contributed by atoms with Gasteiger partial charge >= 0.3 is 5.97 Å². The number of carbonyl (C=O) groups is 3. The number of esters is 1. The minimum Gasteiger partial charge on any atom is -0.494 e. The molecule has 0 radical (unpaired) electrons. The Morgan fingerprint density at radius 3 is 2.62 bits per heavy atom. The summed E-state index contributed by atoms with van der Waals surface area (Å²) in [5, 5.41) is 5.60. The fourth-order valence-corrected chi connectivity index (χ4v) is 3.39. The molecule has 2 amide bonds. The molecule has 0 aliphatic carbocycles. The van der Waals surface area contributed by atoms with E-state index < -0.39 is 12.0 Å². The van der Waals surface area contributed by atoms with Crippen molar-refractivity contribution in [2.45, 2.75) is 58.9 Å². The van der Waals surface area contributed by atoms with Crippen LogP contribution in [0.1, 0.15) is 52.9 Å². The van der Waals surface area contributed by atoms with Crippen molar-refractivity contribution in [3.63, 3.8) is 0 Å². The fraction of sp³-hybridized carbons (Fsp3) is 0.625. The number of ether oxygens (including phenoxy) is 2. The molecule has 178 valence electrons. The highest BCUT2D eigenvalue weighted by atomic mass is 16.5. The lowest BCUT2D eigenvalue weighted by Gasteiger charge is -2.33. The normalized spacial score (nSPS) is 16.5. The molecule has 1 fully saturated rings. The van der Waals surface area contributed by atoms with Crippen LogP contribution in [0.5, 0.6) is 5.75 Å². The maximum absolute atomic E-state index is 12.6. The first kappa shape index (κ1) is 25.6. The second-order valence-electron chi connectivity index (χ2n) is 8.54. The monoisotopic (exact) mass is 447 g/mol. The van der Waals surface area contributed by atoms with Crippen LogP contribution in [0.3, 0.4) is 0 Å². The van der Waals surface area contributed by atoms with Crippen LogP contribution in [0.25, 0.3) is 0 Å². The Balaban J connectivity index is 1.83. The van der Waals surface area contributed by atoms with Crippen molar-refractivity contribution in [2.75, 3.05) is 38.2 Å². The van der Waals surface area contributed by atoms with Gasteiger partial charge in [-0.1, -0.05) is 40.0 Å². The minimum atomic E-state index is -0.711. The molecular formula is C24H37N3O5. The highest BCUT2D eigenvalue weighted by Gasteiger charge is 2.33. The van der Waals surface area contributed by atoms with Crippen LogP contribution >= 0.6 is 0 Å². The number of anilines is 1. The van der Waals surface area contributed by atoms with Gasteiger partial charge in [-0.05, 0) is 36.6 Å². The molecule has 8 heteroatoms. The Morgan fingerprint density at radius 1 is 1.19 bits per heavy atom. The first-order valence-corrected chi connectivity index (χ1v) is 11.6. The van der Waals surface area contributed by atoms with Crippen LogP contribution in [-0.2, 0) is 19.1 Å². The quantitative estimate of drug-likeness (QED) is 0.356. The zero-order valence-electron chi connectivity index (χ0n) is 19.5. The van der Waals surface area contributed by atoms with E-state index in [0.717, 1.165) is 18.6 Å². The fourth-order valence-electron chi connectivity index (χ4n) is 3.39. The van der Waals surface area contributed by atoms with E-state index in [2.05, 4.69) is 17.6 Å². The SMILES string of the molecule is CCCCCCOc1ccc(NC(=O)CN2CCNC(=O)C2CC(=O)OCC(C)C)cc1. The molecule has 2 rings (SSSR count). The molecule has 1 atom stereocenters. The molecule has 0 bridgehead atoms. The van der Waals surface area contributed by atoms with Gasteiger partial charge in [-0.25, -0.2) is 0 Å². The Labute approximate surface area is 191 Å². The van der Waals surface area contributed by atoms with E-state index in [4.69, 9.17) is 9.47 Å². The molecule has 0 spiro atoms. The molecule has 1 saturated heterocycles. The Hall–Kier alpha value is -2.61. The zero-order valence-corrected chi connectivity index (χ0v) is 19.5. The number of benzene rings is 1. The molecule has 1 unspecified atom stereocenters. The van der Waals surface area contributed by atoms with Crippen molar-refractivity contribution in [1.29, 1.82) is 0 Å². The maximum Gasteiger partial charge on any atom is 0.307 e. The summed E-state index contributed by atoms with van der Waals surface area (Å²) in [6.45, 7) is 8.02. The lowest BCUT2D eigenvalue weighted by Crippen LogP contribution is -2.57. The Morgan fingerprint density at radius 2 is 1.94 bits per heavy atom. The number of rotatable bonds is 13. The minimum absolute atomic E-state index is 0.0191. The molecule has 1 aromatic carbocycles. The third kappa shape index (κ3) is 9.26. The molecule has 1 aliphatic heterocycles. The van der Waals surface area contributed by atoms with Gasteiger partial charge in [0.15, 0.2) is 0 Å². The summed E-state index contributed by atoms with van der Waals surface area (Å²) < 4.78 is 10.9. The predicted molar refractivity (Wildman–Crippen MR) is 123 cm³/mol. The van der Waals surface area contributed by atoms with E-state index >= 15 is 0 Å². The summed E-state index contributed by atoms with van der Waals surface area (Å²) in [6.07, 6.45) is 4.53. The van der Waals surface area contributed by atoms with Crippen molar-refractivity contribution in [2.24, 2.45) is 5.92 Å². The molecule has 0 aromatic heterocycles. The lowest BCUT2D eigenvalue weighted by atomic mass is 10.1. The number of hydrogen-bond acceptors (Lipinski definition) is 6. The second kappa shape index (κ2) is 13.7. The molecular weight excluding hydrogens is 410 g/mol. The van der Waals surface area contributed by atoms with E-state index in [1.165, 1.54) is 12.8 Å². The number of piperazine rings is 1. The summed E-state index contributed by atoms with van der Waals surface area (Å²) in [6, 6.07) is 6.54. The highest BCUT2D eigenvalue weighted by Crippen LogP contribution is 2.17. The third-order valence-corrected chi connectivity index (χ3v) is 5.13. The van der Waals surface area contributed by atoms with Gasteiger partial charge in [-0.15, -0.1) is 0 Å². The molecule has 2 N–H and O–H groups in total. The third-order valence-electron chi connectivity index (χ3n) is 5.13. The second-order valence-corrected chi connectivity index (χ2v) is 8.54. The maximum atomic E-state index is 12.6. The van der Waals surface area contributed by atoms with Crippen molar-refractivity contribution in [3.05, 3.63) is 24.3 Å². The number of nitrogens with zero attached hydrogens (tertiary/aromatic N) is 1. The first-order valence-electron chi connectivity index (χ1n) is 11.6. The molecule has 1 aliphatic rings. The van der Waals surface area contributed by atoms with Gasteiger partial charge in [0.05, 0.1) is 26.2 Å². The van der Waals surface area contributed by atoms with Crippen LogP contribution in [-0.4, -0.2) is 61.6 Å². The number of unbranched alkanes of at least 4 members (excludes halogenated alkanes) is 3. The van der Waals surface area contributed by atoms with Crippen LogP contribution < -0.4 is 15.4 Å². The Bertz CT molecular complexity index is 736. The van der Waals surface area contributed by atoms with Crippen molar-refractivity contribution < 1.29 is 23.9 Å². The number of hydrogen-bond donors (Lipinski definition) is 2. The summed E-state index contributed by atoms with van der Waals surface area (Å²) in [7, 11) is 0. The standard InChI is InChI=1S/C24H37N3O5/c1-4-5-6-7-14-31-20-10-8-19(9-11-20)26-22(28)16-27-13-12-25-24(30)21(27)15-23(29)32-17-18(2)3/h8-11,18,21H,4-7,12-17H2,1-3H3,(H,25,30)(H,26,28). The molecule has 32 heavy (non-hydrogen) atoms. The van der Waals surface area contributed by atoms with E-state index in [0.29, 0.717) is 32.0 Å². The highest BCUT2D eigenvalue weighted by molar-refractivity contribution is 5.93. The molecule has 8 nitrogen and oxygen atoms in total. The summed E-state index contributed by atoms with van der Waals surface area (Å²) in [4.78, 5) is 38.7. The molecule has 1 heterocycles. The van der Waals surface area contributed by atoms with Crippen LogP contribution in [0.4, 0.5) is 5.69 Å². The van der Waals surface area contributed by atoms with Gasteiger partial charge in [-0.2, -0.15) is 0 Å². The van der Waals surface area contributed by atoms with Crippen LogP contribution in [0, 0.1) is 5.92 Å². The van der Waals surface area contributed by atoms with Crippen molar-refractivity contribution in [3.8, 4) is 5.75 Å². The summed E-state index contributed by atoms with van der Waals surface area (Å²) in [5.41, 5.74) is 0.655. The van der Waals surface area contributed by atoms with Gasteiger partial charge in [-0.3, -0.25) is 19.3 Å². The number of nitrogens with one attached hydrogen (secondary N) is 2. The Kier molecular flexibility index (Phi) is 11.0. The number of amides is 2. The summed E-state index contributed by atoms with van der Waals surface area (Å²) >= 11 is 0. The van der Waals surface area contributed by atoms with Gasteiger partial charge in [0.25, 0.3) is 0 Å². The summed E-state index contributed by atoms with van der Waals surface area (Å²) in [5.74, 6) is 0.0574. The van der Waals surface area contributed by atoms with Crippen LogP contribution in [0.2, 0.25) is 0 Å². The topological polar surface area (TPSA) is 97.0 Å². The average molecular weight is 448 g/mol. The predicted octanol–water partition coefficient (Wildman–Crippen LogP) is 2.97. The van der Waals surface area contributed by atoms with Gasteiger partial charge in [0.2, 0.25) is 11.8 Å². The zero-order chi connectivity index (χ0) is 23.3. The molecule has 0 saturated carbocycles. The van der Waals surface area contributed by atoms with Crippen molar-refractivity contribution >= 4 is 23.5 Å². The largest absolute Gasteiger partial charge is 0.494 e. The van der Waals surface area contributed by atoms with Gasteiger partial charge < -0.3 is 20.1 Å². The smallest absolute Gasteiger partial charge is 0.307 e.